The van der Waals surface area contributed by atoms with E-state index in [1.807, 2.05) is 27.7 Å². The average molecular weight is 333 g/mol. The molecule has 0 aliphatic carbocycles. The molecule has 0 spiro atoms. The summed E-state index contributed by atoms with van der Waals surface area (Å²) in [6.45, 7) is 11.3. The third-order valence-electron chi connectivity index (χ3n) is 3.68. The molecule has 2 aliphatic heterocycles. The van der Waals surface area contributed by atoms with Gasteiger partial charge in [-0.2, -0.15) is 0 Å². The summed E-state index contributed by atoms with van der Waals surface area (Å²) in [7, 11) is 0. The molecule has 0 amide bonds. The first-order chi connectivity index (χ1) is 10.6. The Hall–Kier alpha value is -0.280. The van der Waals surface area contributed by atoms with Crippen LogP contribution in [0.2, 0.25) is 0 Å². The highest BCUT2D eigenvalue weighted by Gasteiger charge is 2.48. The Balaban J connectivity index is 2.02. The van der Waals surface area contributed by atoms with Crippen LogP contribution in [0, 0.1) is 0 Å². The molecular formula is C16H29O7-. The van der Waals surface area contributed by atoms with E-state index in [1.165, 1.54) is 13.8 Å². The third kappa shape index (κ3) is 5.63. The van der Waals surface area contributed by atoms with Crippen molar-refractivity contribution in [2.75, 3.05) is 13.2 Å². The predicted molar refractivity (Wildman–Crippen MR) is 79.3 cm³/mol. The summed E-state index contributed by atoms with van der Waals surface area (Å²) < 4.78 is 34.2. The van der Waals surface area contributed by atoms with Crippen LogP contribution in [-0.2, 0) is 28.4 Å². The summed E-state index contributed by atoms with van der Waals surface area (Å²) in [5.74, 6) is -2.18. The second-order valence-electron chi connectivity index (χ2n) is 6.85. The van der Waals surface area contributed by atoms with Crippen LogP contribution in [0.3, 0.4) is 0 Å². The van der Waals surface area contributed by atoms with Crippen molar-refractivity contribution in [1.82, 2.24) is 0 Å². The number of hydrogen-bond donors (Lipinski definition) is 0. The molecular weight excluding hydrogens is 304 g/mol. The standard InChI is InChI=1S/C16H29O7/c1-7-18-10(2)20-11-8-13(23-15(3,4)17)21-14(11)12-9-19-16(5,6)22-12/h10-14H,7-9H2,1-6H3/q-1/t10?,11-,12+,13-,14+/m1/s1. The summed E-state index contributed by atoms with van der Waals surface area (Å²) in [5, 5.41) is 11.8. The third-order valence-corrected chi connectivity index (χ3v) is 3.68. The van der Waals surface area contributed by atoms with E-state index >= 15 is 0 Å². The van der Waals surface area contributed by atoms with Crippen molar-refractivity contribution in [3.63, 3.8) is 0 Å². The Labute approximate surface area is 138 Å². The average Bonchev–Trinajstić information content (AvgIpc) is 2.91. The molecule has 0 aromatic heterocycles. The number of hydrogen-bond acceptors (Lipinski definition) is 7. The molecule has 0 aromatic rings. The molecule has 136 valence electrons. The minimum absolute atomic E-state index is 0.271. The van der Waals surface area contributed by atoms with Gasteiger partial charge in [0.15, 0.2) is 18.4 Å². The van der Waals surface area contributed by atoms with E-state index in [0.717, 1.165) is 0 Å². The molecule has 2 rings (SSSR count). The SMILES string of the molecule is CCOC(C)O[C@@H]1C[C@@H](OC(C)(C)[O-])O[C@@H]1[C@@H]1COC(C)(C)O1. The smallest absolute Gasteiger partial charge is 0.163 e. The zero-order valence-electron chi connectivity index (χ0n) is 14.9. The van der Waals surface area contributed by atoms with Gasteiger partial charge in [-0.05, 0) is 33.5 Å². The summed E-state index contributed by atoms with van der Waals surface area (Å²) in [4.78, 5) is 0. The highest BCUT2D eigenvalue weighted by Crippen LogP contribution is 2.34. The second-order valence-corrected chi connectivity index (χ2v) is 6.85. The van der Waals surface area contributed by atoms with Gasteiger partial charge < -0.3 is 33.5 Å². The lowest BCUT2D eigenvalue weighted by Crippen LogP contribution is -2.43. The predicted octanol–water partition coefficient (Wildman–Crippen LogP) is 1.13. The molecule has 2 aliphatic rings. The van der Waals surface area contributed by atoms with Crippen LogP contribution in [0.25, 0.3) is 0 Å². The van der Waals surface area contributed by atoms with Crippen molar-refractivity contribution < 1.29 is 33.5 Å². The minimum Gasteiger partial charge on any atom is -0.829 e. The van der Waals surface area contributed by atoms with Gasteiger partial charge in [0.05, 0.1) is 12.7 Å². The topological polar surface area (TPSA) is 78.4 Å². The summed E-state index contributed by atoms with van der Waals surface area (Å²) in [6.07, 6.45) is -1.47. The molecule has 1 unspecified atom stereocenters. The van der Waals surface area contributed by atoms with E-state index in [-0.39, 0.29) is 24.6 Å². The fourth-order valence-electron chi connectivity index (χ4n) is 2.89. The van der Waals surface area contributed by atoms with Crippen molar-refractivity contribution in [3.8, 4) is 0 Å². The van der Waals surface area contributed by atoms with Gasteiger partial charge in [-0.1, -0.05) is 13.8 Å². The molecule has 0 radical (unpaired) electrons. The fraction of sp³-hybridized carbons (Fsp3) is 1.00. The van der Waals surface area contributed by atoms with E-state index in [2.05, 4.69) is 0 Å². The highest BCUT2D eigenvalue weighted by molar-refractivity contribution is 4.90. The van der Waals surface area contributed by atoms with Crippen molar-refractivity contribution in [2.45, 2.75) is 90.4 Å². The molecule has 7 nitrogen and oxygen atoms in total. The quantitative estimate of drug-likeness (QED) is 0.646. The van der Waals surface area contributed by atoms with Gasteiger partial charge in [0.1, 0.15) is 12.2 Å². The summed E-state index contributed by atoms with van der Waals surface area (Å²) >= 11 is 0. The summed E-state index contributed by atoms with van der Waals surface area (Å²) in [6, 6.07) is 0. The van der Waals surface area contributed by atoms with Crippen molar-refractivity contribution >= 4 is 0 Å². The van der Waals surface area contributed by atoms with Crippen LogP contribution in [0.4, 0.5) is 0 Å². The molecule has 2 fully saturated rings. The van der Waals surface area contributed by atoms with Crippen molar-refractivity contribution in [2.24, 2.45) is 0 Å². The first kappa shape index (κ1) is 19.1. The maximum Gasteiger partial charge on any atom is 0.163 e. The maximum absolute atomic E-state index is 11.8. The van der Waals surface area contributed by atoms with Crippen LogP contribution in [0.1, 0.15) is 48.0 Å². The fourth-order valence-corrected chi connectivity index (χ4v) is 2.89. The normalized spacial score (nSPS) is 35.6. The van der Waals surface area contributed by atoms with E-state index < -0.39 is 17.9 Å². The highest BCUT2D eigenvalue weighted by atomic mass is 16.8. The van der Waals surface area contributed by atoms with Crippen LogP contribution < -0.4 is 5.11 Å². The molecule has 2 heterocycles. The Kier molecular flexibility index (Phi) is 6.05. The van der Waals surface area contributed by atoms with E-state index in [9.17, 15) is 5.11 Å². The van der Waals surface area contributed by atoms with Gasteiger partial charge in [-0.15, -0.1) is 0 Å². The van der Waals surface area contributed by atoms with Crippen molar-refractivity contribution in [1.29, 1.82) is 0 Å². The van der Waals surface area contributed by atoms with Gasteiger partial charge >= 0.3 is 0 Å². The number of ether oxygens (including phenoxy) is 6. The van der Waals surface area contributed by atoms with Crippen LogP contribution >= 0.6 is 0 Å². The molecule has 0 aromatic carbocycles. The molecule has 5 atom stereocenters. The van der Waals surface area contributed by atoms with Crippen molar-refractivity contribution in [3.05, 3.63) is 0 Å². The first-order valence-electron chi connectivity index (χ1n) is 8.22. The second kappa shape index (κ2) is 7.31. The van der Waals surface area contributed by atoms with E-state index in [0.29, 0.717) is 19.6 Å². The molecule has 2 saturated heterocycles. The van der Waals surface area contributed by atoms with E-state index in [1.54, 1.807) is 0 Å². The number of rotatable bonds is 7. The minimum atomic E-state index is -1.53. The molecule has 0 N–H and O–H groups in total. The van der Waals surface area contributed by atoms with Gasteiger partial charge in [0, 0.05) is 13.0 Å². The monoisotopic (exact) mass is 333 g/mol. The Morgan fingerprint density at radius 1 is 1.35 bits per heavy atom. The lowest BCUT2D eigenvalue weighted by atomic mass is 10.1. The Morgan fingerprint density at radius 2 is 2.04 bits per heavy atom. The molecule has 7 heteroatoms. The maximum atomic E-state index is 11.8. The first-order valence-corrected chi connectivity index (χ1v) is 8.22. The summed E-state index contributed by atoms with van der Waals surface area (Å²) in [5.41, 5.74) is 0. The molecule has 0 saturated carbocycles. The van der Waals surface area contributed by atoms with Gasteiger partial charge in [-0.25, -0.2) is 0 Å². The zero-order chi connectivity index (χ0) is 17.3. The lowest BCUT2D eigenvalue weighted by molar-refractivity contribution is -0.557. The van der Waals surface area contributed by atoms with Gasteiger partial charge in [0.25, 0.3) is 0 Å². The Morgan fingerprint density at radius 3 is 2.57 bits per heavy atom. The van der Waals surface area contributed by atoms with Crippen LogP contribution in [0.15, 0.2) is 0 Å². The molecule has 23 heavy (non-hydrogen) atoms. The largest absolute Gasteiger partial charge is 0.829 e. The zero-order valence-corrected chi connectivity index (χ0v) is 14.9. The van der Waals surface area contributed by atoms with Gasteiger partial charge in [-0.3, -0.25) is 0 Å². The Bertz CT molecular complexity index is 379. The van der Waals surface area contributed by atoms with Gasteiger partial charge in [0.2, 0.25) is 0 Å². The van der Waals surface area contributed by atoms with Crippen LogP contribution in [-0.4, -0.2) is 55.7 Å². The van der Waals surface area contributed by atoms with E-state index in [4.69, 9.17) is 28.4 Å². The molecule has 0 bridgehead atoms. The van der Waals surface area contributed by atoms with Crippen LogP contribution in [0.5, 0.6) is 0 Å². The lowest BCUT2D eigenvalue weighted by Gasteiger charge is -2.34.